The molecule has 0 bridgehead atoms. The van der Waals surface area contributed by atoms with Crippen LogP contribution in [0.15, 0.2) is 18.3 Å². The summed E-state index contributed by atoms with van der Waals surface area (Å²) < 4.78 is 48.0. The largest absolute Gasteiger partial charge is 0.524 e. The van der Waals surface area contributed by atoms with Gasteiger partial charge in [-0.3, -0.25) is 9.53 Å². The average molecular weight is 450 g/mol. The number of amides is 1. The number of hydrogen-bond donors (Lipinski definition) is 3. The fraction of sp³-hybridized carbons (Fsp3) is 0.412. The Morgan fingerprint density at radius 1 is 1.45 bits per heavy atom. The summed E-state index contributed by atoms with van der Waals surface area (Å²) in [5, 5.41) is 3.07. The molecule has 0 aromatic carbocycles. The van der Waals surface area contributed by atoms with E-state index in [1.807, 2.05) is 4.57 Å². The number of nitrogens with zero attached hydrogens (tertiary/aromatic N) is 2. The third kappa shape index (κ3) is 5.35. The Kier molecular flexibility index (Phi) is 6.62. The summed E-state index contributed by atoms with van der Waals surface area (Å²) >= 11 is 6.73. The number of pyridine rings is 1. The van der Waals surface area contributed by atoms with Gasteiger partial charge in [0.05, 0.1) is 5.69 Å². The van der Waals surface area contributed by atoms with Crippen LogP contribution < -0.4 is 14.8 Å². The summed E-state index contributed by atoms with van der Waals surface area (Å²) in [6.07, 6.45) is -2.85. The van der Waals surface area contributed by atoms with Crippen LogP contribution in [0.1, 0.15) is 35.1 Å². The molecule has 0 saturated heterocycles. The number of rotatable bonds is 7. The normalized spacial score (nSPS) is 14.6. The highest BCUT2D eigenvalue weighted by molar-refractivity contribution is 7.98. The Morgan fingerprint density at radius 3 is 2.90 bits per heavy atom. The molecule has 0 saturated carbocycles. The molecule has 7 nitrogen and oxygen atoms in total. The van der Waals surface area contributed by atoms with Crippen molar-refractivity contribution >= 4 is 41.0 Å². The first kappa shape index (κ1) is 21.8. The van der Waals surface area contributed by atoms with Crippen molar-refractivity contribution in [3.05, 3.63) is 40.4 Å². The molecule has 1 aliphatic rings. The molecular formula is C17H19ClF3N5O2S. The Balaban J connectivity index is 1.73. The molecule has 1 unspecified atom stereocenters. The summed E-state index contributed by atoms with van der Waals surface area (Å²) in [6, 6.07) is 3.18. The highest BCUT2D eigenvalue weighted by Crippen LogP contribution is 2.35. The van der Waals surface area contributed by atoms with Crippen LogP contribution in [-0.2, 0) is 17.7 Å². The highest BCUT2D eigenvalue weighted by Gasteiger charge is 2.32. The molecule has 1 amide bonds. The van der Waals surface area contributed by atoms with Crippen LogP contribution in [0.25, 0.3) is 0 Å². The minimum Gasteiger partial charge on any atom is -0.338 e. The number of halogens is 4. The minimum absolute atomic E-state index is 0.264. The van der Waals surface area contributed by atoms with E-state index in [1.165, 1.54) is 13.1 Å². The summed E-state index contributed by atoms with van der Waals surface area (Å²) in [6.45, 7) is 3.72. The first-order chi connectivity index (χ1) is 13.7. The van der Waals surface area contributed by atoms with Gasteiger partial charge in [-0.25, -0.2) is 9.71 Å². The lowest BCUT2D eigenvalue weighted by Gasteiger charge is -2.16. The van der Waals surface area contributed by atoms with Gasteiger partial charge in [-0.15, -0.1) is 13.2 Å². The number of alkyl halides is 3. The van der Waals surface area contributed by atoms with Crippen molar-refractivity contribution in [2.75, 3.05) is 10.0 Å². The van der Waals surface area contributed by atoms with E-state index < -0.39 is 12.6 Å². The highest BCUT2D eigenvalue weighted by atomic mass is 35.5. The number of hydrogen-bond acceptors (Lipinski definition) is 6. The van der Waals surface area contributed by atoms with E-state index in [-0.39, 0.29) is 11.1 Å². The number of aromatic nitrogens is 2. The van der Waals surface area contributed by atoms with Crippen molar-refractivity contribution < 1.29 is 22.7 Å². The van der Waals surface area contributed by atoms with Gasteiger partial charge in [-0.1, -0.05) is 11.6 Å². The zero-order valence-corrected chi connectivity index (χ0v) is 17.1. The lowest BCUT2D eigenvalue weighted by molar-refractivity contribution is -0.341. The predicted molar refractivity (Wildman–Crippen MR) is 106 cm³/mol. The van der Waals surface area contributed by atoms with Crippen molar-refractivity contribution in [3.8, 4) is 0 Å². The average Bonchev–Trinajstić information content (AvgIpc) is 3.14. The molecule has 1 atom stereocenters. The first-order valence-electron chi connectivity index (χ1n) is 8.72. The molecule has 2 aromatic heterocycles. The maximum atomic E-state index is 12.9. The quantitative estimate of drug-likeness (QED) is 0.328. The van der Waals surface area contributed by atoms with E-state index >= 15 is 0 Å². The minimum atomic E-state index is -4.72. The van der Waals surface area contributed by atoms with E-state index in [0.29, 0.717) is 29.2 Å². The van der Waals surface area contributed by atoms with E-state index in [1.54, 1.807) is 19.1 Å². The van der Waals surface area contributed by atoms with Crippen molar-refractivity contribution in [3.63, 3.8) is 0 Å². The van der Waals surface area contributed by atoms with Gasteiger partial charge in [0.25, 0.3) is 5.91 Å². The van der Waals surface area contributed by atoms with E-state index in [2.05, 4.69) is 24.5 Å². The van der Waals surface area contributed by atoms with Gasteiger partial charge in [0, 0.05) is 41.8 Å². The molecule has 12 heteroatoms. The molecule has 1 aliphatic heterocycles. The van der Waals surface area contributed by atoms with Crippen LogP contribution >= 0.6 is 23.7 Å². The lowest BCUT2D eigenvalue weighted by atomic mass is 10.1. The second-order valence-electron chi connectivity index (χ2n) is 6.40. The Bertz CT molecular complexity index is 906. The second kappa shape index (κ2) is 8.82. The predicted octanol–water partition coefficient (Wildman–Crippen LogP) is 4.49. The topological polar surface area (TPSA) is 80.2 Å². The van der Waals surface area contributed by atoms with Gasteiger partial charge in [-0.05, 0) is 38.8 Å². The van der Waals surface area contributed by atoms with Crippen molar-refractivity contribution in [1.29, 1.82) is 0 Å². The van der Waals surface area contributed by atoms with Gasteiger partial charge >= 0.3 is 6.36 Å². The van der Waals surface area contributed by atoms with Crippen LogP contribution in [0.5, 0.6) is 0 Å². The van der Waals surface area contributed by atoms with Crippen LogP contribution in [0.2, 0.25) is 5.15 Å². The summed E-state index contributed by atoms with van der Waals surface area (Å²) in [5.41, 5.74) is 3.35. The molecule has 0 spiro atoms. The van der Waals surface area contributed by atoms with Gasteiger partial charge in [-0.2, -0.15) is 0 Å². The summed E-state index contributed by atoms with van der Waals surface area (Å²) in [7, 11) is 0. The molecule has 3 N–H and O–H groups in total. The van der Waals surface area contributed by atoms with Crippen molar-refractivity contribution in [2.45, 2.75) is 45.8 Å². The Labute approximate surface area is 174 Å². The third-order valence-corrected chi connectivity index (χ3v) is 5.26. The maximum Gasteiger partial charge on any atom is 0.524 e. The van der Waals surface area contributed by atoms with Crippen LogP contribution in [0, 0.1) is 6.92 Å². The number of ether oxygens (including phenoxy) is 1. The molecule has 0 fully saturated rings. The lowest BCUT2D eigenvalue weighted by Crippen LogP contribution is -2.30. The Hall–Kier alpha value is -1.95. The fourth-order valence-electron chi connectivity index (χ4n) is 3.21. The molecule has 3 heterocycles. The Morgan fingerprint density at radius 2 is 2.21 bits per heavy atom. The van der Waals surface area contributed by atoms with Gasteiger partial charge < -0.3 is 14.6 Å². The second-order valence-corrected chi connectivity index (χ2v) is 7.43. The molecule has 0 radical (unpaired) electrons. The summed E-state index contributed by atoms with van der Waals surface area (Å²) in [5.74, 6) is -0.298. The maximum absolute atomic E-state index is 12.9. The molecule has 2 aromatic rings. The fourth-order valence-corrected chi connectivity index (χ4v) is 4.03. The molecular weight excluding hydrogens is 431 g/mol. The van der Waals surface area contributed by atoms with Crippen LogP contribution in [0.3, 0.4) is 0 Å². The van der Waals surface area contributed by atoms with Crippen LogP contribution in [-0.4, -0.2) is 28.0 Å². The number of anilines is 2. The third-order valence-electron chi connectivity index (χ3n) is 4.30. The monoisotopic (exact) mass is 449 g/mol. The number of fused-ring (bicyclic) bond motifs is 1. The van der Waals surface area contributed by atoms with E-state index in [0.717, 1.165) is 30.7 Å². The van der Waals surface area contributed by atoms with E-state index in [9.17, 15) is 18.0 Å². The molecule has 29 heavy (non-hydrogen) atoms. The van der Waals surface area contributed by atoms with Gasteiger partial charge in [0.2, 0.25) is 0 Å². The molecule has 3 rings (SSSR count). The first-order valence-corrected chi connectivity index (χ1v) is 9.92. The SMILES string of the molecule is Cc1c(NSNC(C)OC(F)(F)F)c2n(c1C(=O)Nc1ccnc(Cl)c1)CCC2. The zero-order chi connectivity index (χ0) is 21.2. The number of carbonyl (C=O) groups excluding carboxylic acids is 1. The van der Waals surface area contributed by atoms with E-state index in [4.69, 9.17) is 11.6 Å². The zero-order valence-electron chi connectivity index (χ0n) is 15.6. The molecule has 158 valence electrons. The summed E-state index contributed by atoms with van der Waals surface area (Å²) in [4.78, 5) is 16.7. The van der Waals surface area contributed by atoms with Crippen molar-refractivity contribution in [1.82, 2.24) is 14.3 Å². The van der Waals surface area contributed by atoms with Crippen LogP contribution in [0.4, 0.5) is 24.5 Å². The van der Waals surface area contributed by atoms with Gasteiger partial charge in [0.1, 0.15) is 17.1 Å². The smallest absolute Gasteiger partial charge is 0.338 e. The van der Waals surface area contributed by atoms with Crippen molar-refractivity contribution in [2.24, 2.45) is 0 Å². The number of carbonyl (C=O) groups is 1. The molecule has 0 aliphatic carbocycles. The number of nitrogens with one attached hydrogen (secondary N) is 3. The van der Waals surface area contributed by atoms with Gasteiger partial charge in [0.15, 0.2) is 0 Å². The standard InChI is InChI=1S/C17H19ClF3N5O2S/c1-9-14(25-29-24-10(2)28-17(19,20)21)12-4-3-7-26(12)15(9)16(27)23-11-5-6-22-13(18)8-11/h5-6,8,10,24-25H,3-4,7H2,1-2H3,(H,22,23,27).